The van der Waals surface area contributed by atoms with Gasteiger partial charge in [-0.3, -0.25) is 0 Å². The van der Waals surface area contributed by atoms with Crippen LogP contribution in [0.5, 0.6) is 0 Å². The average Bonchev–Trinajstić information content (AvgIpc) is 3.17. The van der Waals surface area contributed by atoms with E-state index in [1.165, 1.54) is 49.6 Å². The first-order valence-corrected chi connectivity index (χ1v) is 10.6. The van der Waals surface area contributed by atoms with Gasteiger partial charge in [0.1, 0.15) is 0 Å². The van der Waals surface area contributed by atoms with Gasteiger partial charge in [-0.15, -0.1) is 0 Å². The molecule has 0 saturated carbocycles. The second-order valence-corrected chi connectivity index (χ2v) is 7.98. The van der Waals surface area contributed by atoms with Gasteiger partial charge in [0.05, 0.1) is 11.0 Å². The van der Waals surface area contributed by atoms with Gasteiger partial charge < -0.3 is 9.47 Å². The third kappa shape index (κ3) is 2.88. The maximum Gasteiger partial charge on any atom is 0.0561 e. The van der Waals surface area contributed by atoms with E-state index in [1.54, 1.807) is 0 Å². The second-order valence-electron chi connectivity index (χ2n) is 7.98. The molecule has 0 bridgehead atoms. The summed E-state index contributed by atoms with van der Waals surface area (Å²) in [6, 6.07) is 41.2. The Morgan fingerprint density at radius 1 is 0.516 bits per heavy atom. The number of anilines is 2. The molecule has 2 nitrogen and oxygen atoms in total. The highest BCUT2D eigenvalue weighted by atomic mass is 15.1. The van der Waals surface area contributed by atoms with Crippen LogP contribution in [0.3, 0.4) is 0 Å². The van der Waals surface area contributed by atoms with Crippen molar-refractivity contribution in [1.29, 1.82) is 0 Å². The summed E-state index contributed by atoms with van der Waals surface area (Å²) in [4.78, 5) is 2.24. The number of fused-ring (bicyclic) bond motifs is 4. The van der Waals surface area contributed by atoms with E-state index in [0.717, 1.165) is 0 Å². The smallest absolute Gasteiger partial charge is 0.0561 e. The summed E-state index contributed by atoms with van der Waals surface area (Å²) < 4.78 is 2.39. The van der Waals surface area contributed by atoms with Crippen molar-refractivity contribution in [2.45, 2.75) is 0 Å². The van der Waals surface area contributed by atoms with Crippen molar-refractivity contribution in [2.24, 2.45) is 0 Å². The summed E-state index contributed by atoms with van der Waals surface area (Å²) >= 11 is 0. The van der Waals surface area contributed by atoms with Crippen molar-refractivity contribution in [3.63, 3.8) is 0 Å². The highest BCUT2D eigenvalue weighted by molar-refractivity contribution is 6.10. The average molecular weight is 399 g/mol. The predicted molar refractivity (Wildman–Crippen MR) is 133 cm³/mol. The van der Waals surface area contributed by atoms with Crippen molar-refractivity contribution in [3.8, 4) is 5.69 Å². The maximum atomic E-state index is 2.39. The van der Waals surface area contributed by atoms with Crippen molar-refractivity contribution < 1.29 is 0 Å². The van der Waals surface area contributed by atoms with Crippen molar-refractivity contribution >= 4 is 44.0 Å². The predicted octanol–water partition coefficient (Wildman–Crippen LogP) is 7.70. The molecule has 0 atom stereocenters. The summed E-state index contributed by atoms with van der Waals surface area (Å²) in [7, 11) is 2.12. The van der Waals surface area contributed by atoms with Crippen LogP contribution in [0.25, 0.3) is 38.3 Å². The monoisotopic (exact) mass is 398 g/mol. The highest BCUT2D eigenvalue weighted by Crippen LogP contribution is 2.36. The fraction of sp³-hybridized carbons (Fsp3) is 0.0345. The number of rotatable bonds is 3. The zero-order valence-electron chi connectivity index (χ0n) is 17.4. The molecule has 2 heteroatoms. The second kappa shape index (κ2) is 7.03. The van der Waals surface area contributed by atoms with Gasteiger partial charge in [0.15, 0.2) is 0 Å². The SMILES string of the molecule is CN(c1ccccc1)c1ccc2c3ccccc3n(-c3ccc4ccccc4c3)c2c1. The Kier molecular flexibility index (Phi) is 4.03. The van der Waals surface area contributed by atoms with E-state index in [-0.39, 0.29) is 0 Å². The molecule has 1 heterocycles. The van der Waals surface area contributed by atoms with Crippen LogP contribution in [-0.2, 0) is 0 Å². The molecule has 1 aromatic heterocycles. The molecule has 0 aliphatic rings. The Labute approximate surface area is 181 Å². The lowest BCUT2D eigenvalue weighted by Crippen LogP contribution is -2.09. The van der Waals surface area contributed by atoms with Gasteiger partial charge in [0.2, 0.25) is 0 Å². The Bertz CT molecular complexity index is 1540. The first-order valence-electron chi connectivity index (χ1n) is 10.6. The molecule has 6 aromatic rings. The molecule has 0 radical (unpaired) electrons. The van der Waals surface area contributed by atoms with Crippen LogP contribution >= 0.6 is 0 Å². The van der Waals surface area contributed by atoms with E-state index in [2.05, 4.69) is 132 Å². The molecular weight excluding hydrogens is 376 g/mol. The number of hydrogen-bond acceptors (Lipinski definition) is 1. The third-order valence-electron chi connectivity index (χ3n) is 6.18. The Balaban J connectivity index is 1.62. The summed E-state index contributed by atoms with van der Waals surface area (Å²) in [6.07, 6.45) is 0. The molecule has 0 aliphatic heterocycles. The lowest BCUT2D eigenvalue weighted by Gasteiger charge is -2.20. The minimum atomic E-state index is 1.17. The third-order valence-corrected chi connectivity index (χ3v) is 6.18. The molecule has 0 unspecified atom stereocenters. The Morgan fingerprint density at radius 2 is 1.23 bits per heavy atom. The maximum absolute atomic E-state index is 2.39. The van der Waals surface area contributed by atoms with E-state index in [9.17, 15) is 0 Å². The number of hydrogen-bond donors (Lipinski definition) is 0. The van der Waals surface area contributed by atoms with E-state index >= 15 is 0 Å². The van der Waals surface area contributed by atoms with Crippen LogP contribution in [0, 0.1) is 0 Å². The normalized spacial score (nSPS) is 11.4. The van der Waals surface area contributed by atoms with Gasteiger partial charge in [-0.2, -0.15) is 0 Å². The van der Waals surface area contributed by atoms with Gasteiger partial charge in [0, 0.05) is 34.9 Å². The molecular formula is C29H22N2. The van der Waals surface area contributed by atoms with Gasteiger partial charge in [-0.1, -0.05) is 72.8 Å². The molecule has 148 valence electrons. The van der Waals surface area contributed by atoms with Gasteiger partial charge >= 0.3 is 0 Å². The van der Waals surface area contributed by atoms with Crippen LogP contribution in [0.2, 0.25) is 0 Å². The largest absolute Gasteiger partial charge is 0.345 e. The van der Waals surface area contributed by atoms with E-state index in [1.807, 2.05) is 0 Å². The zero-order chi connectivity index (χ0) is 20.8. The van der Waals surface area contributed by atoms with Crippen LogP contribution < -0.4 is 4.90 Å². The summed E-state index contributed by atoms with van der Waals surface area (Å²) in [5.74, 6) is 0. The molecule has 0 N–H and O–H groups in total. The standard InChI is InChI=1S/C29H22N2/c1-30(23-11-3-2-4-12-23)24-17-18-27-26-13-7-8-14-28(26)31(29(27)20-24)25-16-15-21-9-5-6-10-22(21)19-25/h2-20H,1H3. The molecule has 0 aliphatic carbocycles. The van der Waals surface area contributed by atoms with Crippen molar-refractivity contribution in [3.05, 3.63) is 115 Å². The molecule has 0 spiro atoms. The van der Waals surface area contributed by atoms with Crippen LogP contribution in [0.1, 0.15) is 0 Å². The van der Waals surface area contributed by atoms with Gasteiger partial charge in [-0.05, 0) is 53.2 Å². The van der Waals surface area contributed by atoms with E-state index in [0.29, 0.717) is 0 Å². The number of benzene rings is 5. The lowest BCUT2D eigenvalue weighted by molar-refractivity contribution is 1.17. The van der Waals surface area contributed by atoms with E-state index < -0.39 is 0 Å². The summed E-state index contributed by atoms with van der Waals surface area (Å²) in [5.41, 5.74) is 5.98. The van der Waals surface area contributed by atoms with Gasteiger partial charge in [0.25, 0.3) is 0 Å². The molecule has 0 amide bonds. The number of aromatic nitrogens is 1. The zero-order valence-corrected chi connectivity index (χ0v) is 17.4. The first kappa shape index (κ1) is 17.8. The minimum absolute atomic E-state index is 1.17. The fourth-order valence-corrected chi connectivity index (χ4v) is 4.56. The first-order chi connectivity index (χ1) is 15.3. The quantitative estimate of drug-likeness (QED) is 0.296. The van der Waals surface area contributed by atoms with Crippen LogP contribution in [0.15, 0.2) is 115 Å². The number of nitrogens with zero attached hydrogens (tertiary/aromatic N) is 2. The lowest BCUT2D eigenvalue weighted by atomic mass is 10.1. The molecule has 31 heavy (non-hydrogen) atoms. The Morgan fingerprint density at radius 3 is 2.10 bits per heavy atom. The van der Waals surface area contributed by atoms with Gasteiger partial charge in [-0.25, -0.2) is 0 Å². The van der Waals surface area contributed by atoms with E-state index in [4.69, 9.17) is 0 Å². The van der Waals surface area contributed by atoms with Crippen molar-refractivity contribution in [1.82, 2.24) is 4.57 Å². The molecule has 0 fully saturated rings. The Hall–Kier alpha value is -4.04. The van der Waals surface area contributed by atoms with Crippen molar-refractivity contribution in [2.75, 3.05) is 11.9 Å². The van der Waals surface area contributed by atoms with Crippen LogP contribution in [-0.4, -0.2) is 11.6 Å². The van der Waals surface area contributed by atoms with Crippen LogP contribution in [0.4, 0.5) is 11.4 Å². The molecule has 6 rings (SSSR count). The number of para-hydroxylation sites is 2. The minimum Gasteiger partial charge on any atom is -0.345 e. The summed E-state index contributed by atoms with van der Waals surface area (Å²) in [6.45, 7) is 0. The molecule has 0 saturated heterocycles. The topological polar surface area (TPSA) is 8.17 Å². The highest BCUT2D eigenvalue weighted by Gasteiger charge is 2.14. The fourth-order valence-electron chi connectivity index (χ4n) is 4.56. The summed E-state index contributed by atoms with van der Waals surface area (Å²) in [5, 5.41) is 5.06. The molecule has 5 aromatic carbocycles.